The highest BCUT2D eigenvalue weighted by atomic mass is 32.2. The lowest BCUT2D eigenvalue weighted by Gasteiger charge is -2.49. The normalized spacial score (nSPS) is 16.9. The van der Waals surface area contributed by atoms with Gasteiger partial charge in [-0.1, -0.05) is 48.5 Å². The number of methoxy groups -OCH3 is 2. The average Bonchev–Trinajstić information content (AvgIpc) is 3.07. The van der Waals surface area contributed by atoms with Gasteiger partial charge in [-0.3, -0.25) is 24.1 Å². The number of hydrogen-bond acceptors (Lipinski definition) is 11. The van der Waals surface area contributed by atoms with E-state index in [9.17, 15) is 42.3 Å². The largest absolute Gasteiger partial charge is 0.497 e. The third kappa shape index (κ3) is 12.3. The van der Waals surface area contributed by atoms with Crippen molar-refractivity contribution in [2.24, 2.45) is 0 Å². The number of nitrogens with zero attached hydrogens (tertiary/aromatic N) is 1. The number of thioether (sulfide) groups is 2. The number of amides is 3. The summed E-state index contributed by atoms with van der Waals surface area (Å²) in [5.74, 6) is -4.68. The maximum Gasteiger partial charge on any atom is 0.490 e. The van der Waals surface area contributed by atoms with Crippen LogP contribution in [0.3, 0.4) is 0 Å². The lowest BCUT2D eigenvalue weighted by Crippen LogP contribution is -2.70. The monoisotopic (exact) mass is 731 g/mol. The molecule has 2 heterocycles. The number of para-hydroxylation sites is 1. The Hall–Kier alpha value is -4.75. The lowest BCUT2D eigenvalue weighted by molar-refractivity contribution is -0.192. The van der Waals surface area contributed by atoms with Crippen LogP contribution in [0.15, 0.2) is 71.9 Å². The van der Waals surface area contributed by atoms with Gasteiger partial charge in [-0.05, 0) is 29.5 Å². The van der Waals surface area contributed by atoms with Crippen molar-refractivity contribution in [2.45, 2.75) is 29.8 Å². The first-order chi connectivity index (χ1) is 23.1. The summed E-state index contributed by atoms with van der Waals surface area (Å²) in [5, 5.41) is 19.9. The SMILES string of the molecule is COCNC(=O)SC(C(=O)N[C@H]1C(=O)N2C(C(=O)O)=C(COC(C)=O)CSC12)c1ccccc1.COc1ccccc1.O=C(O)C(F)(F)F. The maximum absolute atomic E-state index is 13.1. The fourth-order valence-electron chi connectivity index (χ4n) is 3.95. The van der Waals surface area contributed by atoms with E-state index in [1.807, 2.05) is 30.3 Å². The van der Waals surface area contributed by atoms with Gasteiger partial charge in [-0.2, -0.15) is 13.2 Å². The van der Waals surface area contributed by atoms with E-state index in [0.29, 0.717) is 11.1 Å². The number of β-lactam (4-membered cyclic amide) rings is 1. The number of alkyl halides is 3. The van der Waals surface area contributed by atoms with Crippen LogP contribution in [-0.4, -0.2) is 101 Å². The molecule has 3 amide bonds. The Morgan fingerprint density at radius 3 is 2.06 bits per heavy atom. The quantitative estimate of drug-likeness (QED) is 0.158. The first kappa shape index (κ1) is 40.4. The molecule has 2 aromatic carbocycles. The number of carboxylic acid groups (broad SMARTS) is 2. The first-order valence-electron chi connectivity index (χ1n) is 13.8. The highest BCUT2D eigenvalue weighted by Crippen LogP contribution is 2.41. The zero-order valence-electron chi connectivity index (χ0n) is 26.1. The van der Waals surface area contributed by atoms with E-state index < -0.39 is 57.8 Å². The minimum Gasteiger partial charge on any atom is -0.497 e. The Kier molecular flexibility index (Phi) is 15.9. The number of carboxylic acids is 2. The van der Waals surface area contributed by atoms with Gasteiger partial charge in [0.15, 0.2) is 0 Å². The van der Waals surface area contributed by atoms with Gasteiger partial charge in [0.1, 0.15) is 41.4 Å². The smallest absolute Gasteiger partial charge is 0.490 e. The summed E-state index contributed by atoms with van der Waals surface area (Å²) in [6, 6.07) is 17.3. The van der Waals surface area contributed by atoms with Crippen molar-refractivity contribution in [3.05, 3.63) is 77.5 Å². The second-order valence-corrected chi connectivity index (χ2v) is 11.7. The lowest BCUT2D eigenvalue weighted by atomic mass is 10.0. The minimum atomic E-state index is -5.08. The predicted molar refractivity (Wildman–Crippen MR) is 170 cm³/mol. The molecule has 0 spiro atoms. The van der Waals surface area contributed by atoms with Gasteiger partial charge in [0.25, 0.3) is 11.1 Å². The molecule has 2 aliphatic rings. The molecule has 0 radical (unpaired) electrons. The number of esters is 1. The summed E-state index contributed by atoms with van der Waals surface area (Å²) < 4.78 is 46.4. The molecule has 4 N–H and O–H groups in total. The topological polar surface area (TPSA) is 198 Å². The Labute approximate surface area is 286 Å². The molecule has 266 valence electrons. The van der Waals surface area contributed by atoms with Crippen molar-refractivity contribution in [3.63, 3.8) is 0 Å². The Balaban J connectivity index is 0.000000456. The van der Waals surface area contributed by atoms with Crippen molar-refractivity contribution >= 4 is 58.5 Å². The van der Waals surface area contributed by atoms with Gasteiger partial charge in [0.2, 0.25) is 5.91 Å². The van der Waals surface area contributed by atoms with Crippen LogP contribution in [0.4, 0.5) is 18.0 Å². The molecule has 2 unspecified atom stereocenters. The van der Waals surface area contributed by atoms with E-state index in [2.05, 4.69) is 10.6 Å². The molecule has 0 bridgehead atoms. The Bertz CT molecular complexity index is 1510. The molecule has 0 aliphatic carbocycles. The number of halogens is 3. The zero-order chi connectivity index (χ0) is 36.7. The Morgan fingerprint density at radius 1 is 1.02 bits per heavy atom. The summed E-state index contributed by atoms with van der Waals surface area (Å²) in [5.41, 5.74) is 0.621. The number of benzene rings is 2. The van der Waals surface area contributed by atoms with Crippen molar-refractivity contribution < 1.29 is 66.4 Å². The van der Waals surface area contributed by atoms with E-state index in [1.165, 1.54) is 25.8 Å². The number of aliphatic carboxylic acids is 2. The van der Waals surface area contributed by atoms with Crippen LogP contribution in [0.1, 0.15) is 17.7 Å². The van der Waals surface area contributed by atoms with Gasteiger partial charge in [-0.15, -0.1) is 11.8 Å². The summed E-state index contributed by atoms with van der Waals surface area (Å²) in [6.45, 7) is 0.946. The van der Waals surface area contributed by atoms with Crippen molar-refractivity contribution in [1.82, 2.24) is 15.5 Å². The molecule has 1 saturated heterocycles. The van der Waals surface area contributed by atoms with Gasteiger partial charge < -0.3 is 35.1 Å². The second-order valence-electron chi connectivity index (χ2n) is 9.56. The Morgan fingerprint density at radius 2 is 1.59 bits per heavy atom. The molecular formula is C30H32F3N3O11S2. The number of fused-ring (bicyclic) bond motifs is 1. The molecule has 49 heavy (non-hydrogen) atoms. The molecule has 14 nitrogen and oxygen atoms in total. The third-order valence-electron chi connectivity index (χ3n) is 6.14. The fraction of sp³-hybridized carbons (Fsp3) is 0.333. The maximum atomic E-state index is 13.1. The summed E-state index contributed by atoms with van der Waals surface area (Å²) in [6.07, 6.45) is -5.08. The predicted octanol–water partition coefficient (Wildman–Crippen LogP) is 3.40. The third-order valence-corrected chi connectivity index (χ3v) is 8.56. The van der Waals surface area contributed by atoms with Crippen LogP contribution >= 0.6 is 23.5 Å². The van der Waals surface area contributed by atoms with E-state index in [4.69, 9.17) is 24.1 Å². The molecule has 2 aromatic rings. The second kappa shape index (κ2) is 19.3. The van der Waals surface area contributed by atoms with Gasteiger partial charge in [0.05, 0.1) is 7.11 Å². The number of ether oxygens (including phenoxy) is 3. The molecule has 0 aromatic heterocycles. The van der Waals surface area contributed by atoms with Gasteiger partial charge in [0, 0.05) is 25.4 Å². The van der Waals surface area contributed by atoms with Crippen LogP contribution in [-0.2, 0) is 33.4 Å². The molecule has 19 heteroatoms. The zero-order valence-corrected chi connectivity index (χ0v) is 27.7. The van der Waals surface area contributed by atoms with E-state index in [1.54, 1.807) is 37.4 Å². The van der Waals surface area contributed by atoms with Crippen LogP contribution in [0, 0.1) is 0 Å². The first-order valence-corrected chi connectivity index (χ1v) is 15.8. The highest BCUT2D eigenvalue weighted by molar-refractivity contribution is 8.14. The number of rotatable bonds is 10. The van der Waals surface area contributed by atoms with Gasteiger partial charge >= 0.3 is 24.1 Å². The fourth-order valence-corrected chi connectivity index (χ4v) is 6.10. The molecule has 2 aliphatic heterocycles. The number of hydrogen-bond donors (Lipinski definition) is 4. The van der Waals surface area contributed by atoms with E-state index >= 15 is 0 Å². The van der Waals surface area contributed by atoms with Crippen LogP contribution < -0.4 is 15.4 Å². The van der Waals surface area contributed by atoms with Crippen molar-refractivity contribution in [1.29, 1.82) is 0 Å². The summed E-state index contributed by atoms with van der Waals surface area (Å²) in [4.78, 5) is 71.1. The van der Waals surface area contributed by atoms with Crippen molar-refractivity contribution in [3.8, 4) is 5.75 Å². The van der Waals surface area contributed by atoms with Crippen molar-refractivity contribution in [2.75, 3.05) is 33.3 Å². The van der Waals surface area contributed by atoms with E-state index in [-0.39, 0.29) is 24.8 Å². The number of nitrogens with one attached hydrogen (secondary N) is 2. The number of carbonyl (C=O) groups is 6. The molecule has 3 atom stereocenters. The molecule has 0 saturated carbocycles. The minimum absolute atomic E-state index is 0.0241. The number of carbonyl (C=O) groups excluding carboxylic acids is 4. The van der Waals surface area contributed by atoms with E-state index in [0.717, 1.165) is 22.4 Å². The molecule has 1 fully saturated rings. The average molecular weight is 732 g/mol. The van der Waals surface area contributed by atoms with Crippen LogP contribution in [0.5, 0.6) is 5.75 Å². The summed E-state index contributed by atoms with van der Waals surface area (Å²) in [7, 11) is 3.08. The van der Waals surface area contributed by atoms with Crippen LogP contribution in [0.2, 0.25) is 0 Å². The van der Waals surface area contributed by atoms with Gasteiger partial charge in [-0.25, -0.2) is 9.59 Å². The van der Waals surface area contributed by atoms with Crippen LogP contribution in [0.25, 0.3) is 0 Å². The highest BCUT2D eigenvalue weighted by Gasteiger charge is 2.54. The molecular weight excluding hydrogens is 699 g/mol. The standard InChI is InChI=1S/C21H23N3O8S2.C7H8O.C2HF3O2/c1-11(25)32-8-13-9-33-19-14(18(27)24(19)15(13)20(28)29)23-17(26)16(12-6-4-3-5-7-12)34-21(30)22-10-31-2;1-8-7-5-3-2-4-6-7;3-2(4,5)1(6)7/h3-7,14,16,19H,8-10H2,1-2H3,(H,22,30)(H,23,26)(H,28,29);2-6H,1H3;(H,6,7)/t14-,16?,19?;;/m0../s1. The molecule has 4 rings (SSSR count). The summed E-state index contributed by atoms with van der Waals surface area (Å²) >= 11 is 2.00.